The summed E-state index contributed by atoms with van der Waals surface area (Å²) in [5.41, 5.74) is 2.34. The monoisotopic (exact) mass is 264 g/mol. The second-order valence-corrected chi connectivity index (χ2v) is 6.49. The van der Waals surface area contributed by atoms with Gasteiger partial charge in [-0.3, -0.25) is 4.21 Å². The predicted molar refractivity (Wildman–Crippen MR) is 76.6 cm³/mol. The fourth-order valence-corrected chi connectivity index (χ4v) is 3.48. The van der Waals surface area contributed by atoms with Gasteiger partial charge in [0.15, 0.2) is 0 Å². The van der Waals surface area contributed by atoms with E-state index in [0.29, 0.717) is 5.92 Å². The lowest BCUT2D eigenvalue weighted by Gasteiger charge is -2.20. The Balaban J connectivity index is 1.79. The number of hydrogen-bond acceptors (Lipinski definition) is 2. The Bertz CT molecular complexity index is 415. The zero-order valence-corrected chi connectivity index (χ0v) is 11.6. The number of benzene rings is 1. The van der Waals surface area contributed by atoms with E-state index < -0.39 is 10.8 Å². The van der Waals surface area contributed by atoms with E-state index in [2.05, 4.69) is 19.1 Å². The highest BCUT2D eigenvalue weighted by atomic mass is 32.2. The summed E-state index contributed by atoms with van der Waals surface area (Å²) >= 11 is 0. The highest BCUT2D eigenvalue weighted by Crippen LogP contribution is 2.18. The van der Waals surface area contributed by atoms with Gasteiger partial charge in [-0.15, -0.1) is 0 Å². The highest BCUT2D eigenvalue weighted by Gasteiger charge is 2.17. The molecule has 0 spiro atoms. The maximum atomic E-state index is 11.2. The minimum atomic E-state index is -0.576. The standard InChI is InChI=1S/C15H20O2S/c1-13(15-5-3-2-4-6-15)11-17-12-14-7-9-18(16)10-8-14/h2-6,11,14H,7-10,12H2,1H3/b13-11-. The van der Waals surface area contributed by atoms with Gasteiger partial charge in [0.1, 0.15) is 0 Å². The number of rotatable bonds is 4. The van der Waals surface area contributed by atoms with E-state index in [-0.39, 0.29) is 0 Å². The Kier molecular flexibility index (Phi) is 5.00. The van der Waals surface area contributed by atoms with Crippen molar-refractivity contribution in [3.8, 4) is 0 Å². The molecule has 1 saturated heterocycles. The zero-order chi connectivity index (χ0) is 12.8. The first-order valence-electron chi connectivity index (χ1n) is 6.44. The molecule has 1 aromatic rings. The fourth-order valence-electron chi connectivity index (χ4n) is 2.09. The summed E-state index contributed by atoms with van der Waals surface area (Å²) in [5, 5.41) is 0. The minimum absolute atomic E-state index is 0.572. The van der Waals surface area contributed by atoms with Gasteiger partial charge in [0.05, 0.1) is 12.9 Å². The molecule has 0 aliphatic carbocycles. The summed E-state index contributed by atoms with van der Waals surface area (Å²) in [6, 6.07) is 10.2. The van der Waals surface area contributed by atoms with Crippen LogP contribution in [0.2, 0.25) is 0 Å². The lowest BCUT2D eigenvalue weighted by atomic mass is 10.0. The first kappa shape index (κ1) is 13.3. The summed E-state index contributed by atoms with van der Waals surface area (Å²) < 4.78 is 16.9. The third kappa shape index (κ3) is 3.98. The molecule has 1 aliphatic heterocycles. The number of hydrogen-bond donors (Lipinski definition) is 0. The molecule has 1 fully saturated rings. The average Bonchev–Trinajstić information content (AvgIpc) is 2.42. The van der Waals surface area contributed by atoms with Gasteiger partial charge >= 0.3 is 0 Å². The van der Waals surface area contributed by atoms with Crippen molar-refractivity contribution < 1.29 is 8.95 Å². The first-order valence-corrected chi connectivity index (χ1v) is 7.93. The van der Waals surface area contributed by atoms with Crippen molar-refractivity contribution in [1.29, 1.82) is 0 Å². The Morgan fingerprint density at radius 3 is 2.67 bits per heavy atom. The van der Waals surface area contributed by atoms with E-state index in [9.17, 15) is 4.21 Å². The van der Waals surface area contributed by atoms with Crippen LogP contribution < -0.4 is 0 Å². The van der Waals surface area contributed by atoms with Crippen LogP contribution in [0, 0.1) is 5.92 Å². The molecule has 18 heavy (non-hydrogen) atoms. The van der Waals surface area contributed by atoms with Gasteiger partial charge in [0.2, 0.25) is 0 Å². The average molecular weight is 264 g/mol. The molecule has 0 unspecified atom stereocenters. The third-order valence-electron chi connectivity index (χ3n) is 3.33. The van der Waals surface area contributed by atoms with Crippen molar-refractivity contribution >= 4 is 16.4 Å². The van der Waals surface area contributed by atoms with Gasteiger partial charge in [-0.05, 0) is 36.8 Å². The SMILES string of the molecule is C/C(=C/OCC1CCS(=O)CC1)c1ccccc1. The van der Waals surface area contributed by atoms with Crippen molar-refractivity contribution in [2.45, 2.75) is 19.8 Å². The Morgan fingerprint density at radius 1 is 1.33 bits per heavy atom. The lowest BCUT2D eigenvalue weighted by Crippen LogP contribution is -2.21. The molecule has 0 atom stereocenters. The normalized spacial score (nSPS) is 24.8. The van der Waals surface area contributed by atoms with E-state index in [1.165, 1.54) is 5.56 Å². The van der Waals surface area contributed by atoms with Crippen molar-refractivity contribution in [2.75, 3.05) is 18.1 Å². The maximum Gasteiger partial charge on any atom is 0.0902 e. The predicted octanol–water partition coefficient (Wildman–Crippen LogP) is 3.22. The van der Waals surface area contributed by atoms with Crippen LogP contribution in [-0.4, -0.2) is 22.3 Å². The molecule has 1 heterocycles. The molecule has 0 saturated carbocycles. The van der Waals surface area contributed by atoms with Crippen molar-refractivity contribution in [3.63, 3.8) is 0 Å². The molecule has 2 rings (SSSR count). The molecular weight excluding hydrogens is 244 g/mol. The quantitative estimate of drug-likeness (QED) is 0.781. The van der Waals surface area contributed by atoms with Crippen LogP contribution in [0.15, 0.2) is 36.6 Å². The van der Waals surface area contributed by atoms with E-state index >= 15 is 0 Å². The molecule has 0 amide bonds. The summed E-state index contributed by atoms with van der Waals surface area (Å²) in [4.78, 5) is 0. The van der Waals surface area contributed by atoms with Crippen molar-refractivity contribution in [2.24, 2.45) is 5.92 Å². The second kappa shape index (κ2) is 6.74. The lowest BCUT2D eigenvalue weighted by molar-refractivity contribution is 0.188. The zero-order valence-electron chi connectivity index (χ0n) is 10.8. The molecule has 98 valence electrons. The van der Waals surface area contributed by atoms with Gasteiger partial charge in [0.25, 0.3) is 0 Å². The van der Waals surface area contributed by atoms with Crippen LogP contribution in [0.1, 0.15) is 25.3 Å². The first-order chi connectivity index (χ1) is 8.75. The molecule has 1 aliphatic rings. The smallest absolute Gasteiger partial charge is 0.0902 e. The fraction of sp³-hybridized carbons (Fsp3) is 0.467. The molecule has 0 bridgehead atoms. The number of ether oxygens (including phenoxy) is 1. The maximum absolute atomic E-state index is 11.2. The van der Waals surface area contributed by atoms with Gasteiger partial charge in [-0.25, -0.2) is 0 Å². The second-order valence-electron chi connectivity index (χ2n) is 4.79. The van der Waals surface area contributed by atoms with E-state index in [1.54, 1.807) is 0 Å². The molecule has 0 aromatic heterocycles. The number of allylic oxidation sites excluding steroid dienone is 1. The summed E-state index contributed by atoms with van der Waals surface area (Å²) in [5.74, 6) is 2.26. The van der Waals surface area contributed by atoms with Crippen LogP contribution in [0.5, 0.6) is 0 Å². The minimum Gasteiger partial charge on any atom is -0.501 e. The van der Waals surface area contributed by atoms with E-state index in [1.807, 2.05) is 24.5 Å². The third-order valence-corrected chi connectivity index (χ3v) is 4.71. The van der Waals surface area contributed by atoms with Gasteiger partial charge in [0, 0.05) is 22.3 Å². The van der Waals surface area contributed by atoms with Crippen LogP contribution >= 0.6 is 0 Å². The van der Waals surface area contributed by atoms with E-state index in [4.69, 9.17) is 4.74 Å². The Morgan fingerprint density at radius 2 is 2.00 bits per heavy atom. The molecule has 0 N–H and O–H groups in total. The summed E-state index contributed by atoms with van der Waals surface area (Å²) in [7, 11) is -0.576. The Labute approximate surface area is 112 Å². The Hall–Kier alpha value is -1.09. The van der Waals surface area contributed by atoms with Crippen LogP contribution in [-0.2, 0) is 15.5 Å². The van der Waals surface area contributed by atoms with Crippen molar-refractivity contribution in [1.82, 2.24) is 0 Å². The topological polar surface area (TPSA) is 26.3 Å². The van der Waals surface area contributed by atoms with Gasteiger partial charge < -0.3 is 4.74 Å². The van der Waals surface area contributed by atoms with Gasteiger partial charge in [-0.1, -0.05) is 30.3 Å². The molecule has 0 radical (unpaired) electrons. The van der Waals surface area contributed by atoms with Crippen molar-refractivity contribution in [3.05, 3.63) is 42.2 Å². The largest absolute Gasteiger partial charge is 0.501 e. The van der Waals surface area contributed by atoms with Crippen LogP contribution in [0.25, 0.3) is 5.57 Å². The van der Waals surface area contributed by atoms with Gasteiger partial charge in [-0.2, -0.15) is 0 Å². The molecule has 2 nitrogen and oxygen atoms in total. The summed E-state index contributed by atoms with van der Waals surface area (Å²) in [6.45, 7) is 2.81. The molecule has 1 aromatic carbocycles. The van der Waals surface area contributed by atoms with Crippen LogP contribution in [0.3, 0.4) is 0 Å². The highest BCUT2D eigenvalue weighted by molar-refractivity contribution is 7.85. The summed E-state index contributed by atoms with van der Waals surface area (Å²) in [6.07, 6.45) is 3.91. The molecular formula is C15H20O2S. The molecule has 3 heteroatoms. The van der Waals surface area contributed by atoms with E-state index in [0.717, 1.165) is 36.5 Å². The van der Waals surface area contributed by atoms with Crippen LogP contribution in [0.4, 0.5) is 0 Å².